The van der Waals surface area contributed by atoms with Crippen molar-refractivity contribution in [1.82, 2.24) is 0 Å². The lowest BCUT2D eigenvalue weighted by Gasteiger charge is -2.20. The van der Waals surface area contributed by atoms with E-state index in [0.717, 1.165) is 0 Å². The standard InChI is InChI=1S/C5H12O4S/c6-4(2-1-3-10)5(7,8)9/h4,6-10H,1-3H2. The molecule has 0 heterocycles. The van der Waals surface area contributed by atoms with Crippen molar-refractivity contribution in [2.75, 3.05) is 5.75 Å². The summed E-state index contributed by atoms with van der Waals surface area (Å²) in [6, 6.07) is 0. The maximum Gasteiger partial charge on any atom is 0.302 e. The van der Waals surface area contributed by atoms with Gasteiger partial charge in [0.1, 0.15) is 6.10 Å². The highest BCUT2D eigenvalue weighted by Crippen LogP contribution is 2.08. The number of thiol groups is 1. The molecule has 0 aromatic rings. The van der Waals surface area contributed by atoms with Gasteiger partial charge in [-0.25, -0.2) is 0 Å². The molecule has 0 saturated heterocycles. The van der Waals surface area contributed by atoms with Crippen molar-refractivity contribution in [3.05, 3.63) is 0 Å². The minimum atomic E-state index is -2.97. The van der Waals surface area contributed by atoms with Crippen molar-refractivity contribution in [3.63, 3.8) is 0 Å². The van der Waals surface area contributed by atoms with Crippen LogP contribution in [0.4, 0.5) is 0 Å². The number of hydrogen-bond acceptors (Lipinski definition) is 5. The molecule has 0 aliphatic carbocycles. The fraction of sp³-hybridized carbons (Fsp3) is 1.00. The first kappa shape index (κ1) is 10.2. The highest BCUT2D eigenvalue weighted by atomic mass is 32.1. The Morgan fingerprint density at radius 1 is 1.30 bits per heavy atom. The van der Waals surface area contributed by atoms with E-state index >= 15 is 0 Å². The van der Waals surface area contributed by atoms with E-state index in [1.807, 2.05) is 0 Å². The van der Waals surface area contributed by atoms with E-state index in [1.165, 1.54) is 0 Å². The Labute approximate surface area is 64.5 Å². The summed E-state index contributed by atoms with van der Waals surface area (Å²) < 4.78 is 0. The molecule has 1 atom stereocenters. The van der Waals surface area contributed by atoms with Gasteiger partial charge in [0, 0.05) is 0 Å². The summed E-state index contributed by atoms with van der Waals surface area (Å²) >= 11 is 3.83. The minimum absolute atomic E-state index is 0.118. The summed E-state index contributed by atoms with van der Waals surface area (Å²) in [6.45, 7) is 0. The molecule has 0 aliphatic rings. The molecule has 0 spiro atoms. The number of aliphatic hydroxyl groups excluding tert-OH is 1. The summed E-state index contributed by atoms with van der Waals surface area (Å²) in [7, 11) is 0. The lowest BCUT2D eigenvalue weighted by molar-refractivity contribution is -0.355. The van der Waals surface area contributed by atoms with Crippen LogP contribution in [-0.4, -0.2) is 38.3 Å². The van der Waals surface area contributed by atoms with Crippen molar-refractivity contribution in [1.29, 1.82) is 0 Å². The maximum absolute atomic E-state index is 8.73. The van der Waals surface area contributed by atoms with Crippen LogP contribution in [0.15, 0.2) is 0 Å². The molecule has 0 rings (SSSR count). The summed E-state index contributed by atoms with van der Waals surface area (Å²) in [6.07, 6.45) is -0.875. The van der Waals surface area contributed by atoms with Crippen molar-refractivity contribution < 1.29 is 20.4 Å². The third-order valence-corrected chi connectivity index (χ3v) is 1.40. The number of hydrogen-bond donors (Lipinski definition) is 5. The zero-order valence-electron chi connectivity index (χ0n) is 5.43. The van der Waals surface area contributed by atoms with Crippen LogP contribution in [0, 0.1) is 0 Å². The predicted molar refractivity (Wildman–Crippen MR) is 38.5 cm³/mol. The van der Waals surface area contributed by atoms with Crippen LogP contribution in [0.1, 0.15) is 12.8 Å². The van der Waals surface area contributed by atoms with Crippen LogP contribution in [-0.2, 0) is 0 Å². The molecule has 1 unspecified atom stereocenters. The van der Waals surface area contributed by atoms with Gasteiger partial charge in [-0.15, -0.1) is 0 Å². The molecule has 0 fully saturated rings. The second-order valence-corrected chi connectivity index (χ2v) is 2.52. The van der Waals surface area contributed by atoms with E-state index in [1.54, 1.807) is 0 Å². The maximum atomic E-state index is 8.73. The van der Waals surface area contributed by atoms with Crippen LogP contribution in [0.25, 0.3) is 0 Å². The van der Waals surface area contributed by atoms with Gasteiger partial charge in [0.05, 0.1) is 0 Å². The molecule has 0 amide bonds. The first-order valence-electron chi connectivity index (χ1n) is 2.94. The molecule has 0 bridgehead atoms. The van der Waals surface area contributed by atoms with E-state index in [9.17, 15) is 0 Å². The number of aliphatic hydroxyl groups is 4. The Kier molecular flexibility index (Phi) is 4.23. The molecule has 0 radical (unpaired) electrons. The largest absolute Gasteiger partial charge is 0.385 e. The average Bonchev–Trinajstić information content (AvgIpc) is 1.80. The van der Waals surface area contributed by atoms with Gasteiger partial charge >= 0.3 is 5.97 Å². The lowest BCUT2D eigenvalue weighted by Crippen LogP contribution is -2.41. The Hall–Kier alpha value is 0.190. The molecule has 0 aromatic heterocycles. The van der Waals surface area contributed by atoms with Crippen LogP contribution in [0.2, 0.25) is 0 Å². The molecular formula is C5H12O4S. The summed E-state index contributed by atoms with van der Waals surface area (Å²) in [4.78, 5) is 0. The predicted octanol–water partition coefficient (Wildman–Crippen LogP) is -1.31. The van der Waals surface area contributed by atoms with Gasteiger partial charge in [-0.2, -0.15) is 12.6 Å². The lowest BCUT2D eigenvalue weighted by atomic mass is 10.2. The SMILES string of the molecule is OC(CCCS)C(O)(O)O. The molecule has 62 valence electrons. The van der Waals surface area contributed by atoms with Gasteiger partial charge in [-0.3, -0.25) is 0 Å². The second-order valence-electron chi connectivity index (χ2n) is 2.07. The molecular weight excluding hydrogens is 156 g/mol. The molecule has 0 aromatic carbocycles. The molecule has 10 heavy (non-hydrogen) atoms. The van der Waals surface area contributed by atoms with Gasteiger partial charge in [0.25, 0.3) is 0 Å². The van der Waals surface area contributed by atoms with E-state index in [-0.39, 0.29) is 6.42 Å². The third kappa shape index (κ3) is 4.08. The fourth-order valence-electron chi connectivity index (χ4n) is 0.478. The third-order valence-electron chi connectivity index (χ3n) is 1.08. The van der Waals surface area contributed by atoms with Crippen molar-refractivity contribution >= 4 is 12.6 Å². The minimum Gasteiger partial charge on any atom is -0.385 e. The van der Waals surface area contributed by atoms with E-state index < -0.39 is 12.1 Å². The van der Waals surface area contributed by atoms with Gasteiger partial charge in [-0.05, 0) is 18.6 Å². The monoisotopic (exact) mass is 168 g/mol. The van der Waals surface area contributed by atoms with Gasteiger partial charge < -0.3 is 20.4 Å². The summed E-state index contributed by atoms with van der Waals surface area (Å²) in [5.74, 6) is -2.43. The highest BCUT2D eigenvalue weighted by molar-refractivity contribution is 7.80. The fourth-order valence-corrected chi connectivity index (χ4v) is 0.661. The molecule has 4 N–H and O–H groups in total. The first-order chi connectivity index (χ1) is 4.48. The zero-order chi connectivity index (χ0) is 8.20. The van der Waals surface area contributed by atoms with Crippen molar-refractivity contribution in [2.24, 2.45) is 0 Å². The van der Waals surface area contributed by atoms with E-state index in [0.29, 0.717) is 12.2 Å². The van der Waals surface area contributed by atoms with Crippen molar-refractivity contribution in [2.45, 2.75) is 24.9 Å². The number of rotatable bonds is 4. The summed E-state index contributed by atoms with van der Waals surface area (Å²) in [5, 5.41) is 33.8. The molecule has 0 saturated carbocycles. The topological polar surface area (TPSA) is 80.9 Å². The second kappa shape index (κ2) is 4.15. The Morgan fingerprint density at radius 3 is 2.10 bits per heavy atom. The van der Waals surface area contributed by atoms with E-state index in [2.05, 4.69) is 12.6 Å². The smallest absolute Gasteiger partial charge is 0.302 e. The van der Waals surface area contributed by atoms with Crippen LogP contribution >= 0.6 is 12.6 Å². The Bertz CT molecular complexity index is 90.1. The van der Waals surface area contributed by atoms with Gasteiger partial charge in [0.15, 0.2) is 0 Å². The Balaban J connectivity index is 3.52. The molecule has 5 heteroatoms. The molecule has 4 nitrogen and oxygen atoms in total. The zero-order valence-corrected chi connectivity index (χ0v) is 6.33. The highest BCUT2D eigenvalue weighted by Gasteiger charge is 2.29. The summed E-state index contributed by atoms with van der Waals surface area (Å²) in [5.41, 5.74) is 0. The molecule has 0 aliphatic heterocycles. The van der Waals surface area contributed by atoms with E-state index in [4.69, 9.17) is 20.4 Å². The van der Waals surface area contributed by atoms with Crippen LogP contribution < -0.4 is 0 Å². The first-order valence-corrected chi connectivity index (χ1v) is 3.57. The average molecular weight is 168 g/mol. The van der Waals surface area contributed by atoms with Crippen molar-refractivity contribution in [3.8, 4) is 0 Å². The van der Waals surface area contributed by atoms with Gasteiger partial charge in [-0.1, -0.05) is 0 Å². The van der Waals surface area contributed by atoms with Crippen LogP contribution in [0.5, 0.6) is 0 Å². The quantitative estimate of drug-likeness (QED) is 0.267. The normalized spacial score (nSPS) is 15.3. The van der Waals surface area contributed by atoms with Crippen LogP contribution in [0.3, 0.4) is 0 Å². The Morgan fingerprint density at radius 2 is 1.80 bits per heavy atom. The van der Waals surface area contributed by atoms with Gasteiger partial charge in [0.2, 0.25) is 0 Å².